The van der Waals surface area contributed by atoms with Crippen LogP contribution in [-0.4, -0.2) is 24.3 Å². The average molecular weight is 262 g/mol. The van der Waals surface area contributed by atoms with Crippen molar-refractivity contribution in [2.75, 3.05) is 18.0 Å². The zero-order valence-corrected chi connectivity index (χ0v) is 11.0. The molecule has 1 aliphatic carbocycles. The zero-order chi connectivity index (χ0) is 13.8. The van der Waals surface area contributed by atoms with Gasteiger partial charge in [-0.3, -0.25) is 14.9 Å². The standard InChI is InChI=1S/C14H18N2O3/c1-2-7-15(9-11-3-4-11)13-6-5-12(10-17)8-14(13)16(18)19/h5-6,8,10-11H,2-4,7,9H2,1H3. The summed E-state index contributed by atoms with van der Waals surface area (Å²) >= 11 is 0. The summed E-state index contributed by atoms with van der Waals surface area (Å²) in [7, 11) is 0. The number of nitrogens with zero attached hydrogens (tertiary/aromatic N) is 2. The Hall–Kier alpha value is -1.91. The van der Waals surface area contributed by atoms with E-state index in [-0.39, 0.29) is 5.69 Å². The fourth-order valence-electron chi connectivity index (χ4n) is 2.22. The van der Waals surface area contributed by atoms with Gasteiger partial charge < -0.3 is 4.90 Å². The number of aldehydes is 1. The van der Waals surface area contributed by atoms with Gasteiger partial charge in [0.1, 0.15) is 12.0 Å². The minimum absolute atomic E-state index is 0.0266. The van der Waals surface area contributed by atoms with Crippen LogP contribution in [-0.2, 0) is 0 Å². The van der Waals surface area contributed by atoms with Crippen molar-refractivity contribution < 1.29 is 9.72 Å². The van der Waals surface area contributed by atoms with Crippen LogP contribution in [0.5, 0.6) is 0 Å². The van der Waals surface area contributed by atoms with Gasteiger partial charge in [-0.25, -0.2) is 0 Å². The van der Waals surface area contributed by atoms with Crippen LogP contribution >= 0.6 is 0 Å². The molecule has 0 spiro atoms. The maximum atomic E-state index is 11.2. The first-order valence-electron chi connectivity index (χ1n) is 6.64. The molecule has 0 amide bonds. The third kappa shape index (κ3) is 3.30. The van der Waals surface area contributed by atoms with Crippen molar-refractivity contribution in [2.45, 2.75) is 26.2 Å². The van der Waals surface area contributed by atoms with Gasteiger partial charge in [-0.05, 0) is 37.3 Å². The Morgan fingerprint density at radius 3 is 2.74 bits per heavy atom. The largest absolute Gasteiger partial charge is 0.366 e. The van der Waals surface area contributed by atoms with E-state index in [9.17, 15) is 14.9 Å². The molecule has 1 saturated carbocycles. The van der Waals surface area contributed by atoms with Crippen LogP contribution in [0.1, 0.15) is 36.5 Å². The fourth-order valence-corrected chi connectivity index (χ4v) is 2.22. The summed E-state index contributed by atoms with van der Waals surface area (Å²) in [5.41, 5.74) is 1.00. The van der Waals surface area contributed by atoms with Crippen molar-refractivity contribution in [2.24, 2.45) is 5.92 Å². The second-order valence-corrected chi connectivity index (χ2v) is 5.01. The molecule has 0 aliphatic heterocycles. The predicted molar refractivity (Wildman–Crippen MR) is 73.7 cm³/mol. The van der Waals surface area contributed by atoms with E-state index in [4.69, 9.17) is 0 Å². The molecule has 1 aromatic carbocycles. The fraction of sp³-hybridized carbons (Fsp3) is 0.500. The van der Waals surface area contributed by atoms with Gasteiger partial charge in [-0.2, -0.15) is 0 Å². The minimum Gasteiger partial charge on any atom is -0.366 e. The first-order chi connectivity index (χ1) is 9.15. The molecule has 5 heteroatoms. The Morgan fingerprint density at radius 2 is 2.21 bits per heavy atom. The van der Waals surface area contributed by atoms with Crippen LogP contribution < -0.4 is 4.90 Å². The first kappa shape index (κ1) is 13.5. The van der Waals surface area contributed by atoms with Crippen molar-refractivity contribution in [1.82, 2.24) is 0 Å². The van der Waals surface area contributed by atoms with Gasteiger partial charge in [0, 0.05) is 24.7 Å². The molecule has 0 bridgehead atoms. The highest BCUT2D eigenvalue weighted by Crippen LogP contribution is 2.35. The Bertz CT molecular complexity index is 484. The maximum absolute atomic E-state index is 11.2. The lowest BCUT2D eigenvalue weighted by molar-refractivity contribution is -0.384. The Balaban J connectivity index is 2.32. The van der Waals surface area contributed by atoms with Crippen molar-refractivity contribution in [3.63, 3.8) is 0 Å². The van der Waals surface area contributed by atoms with E-state index >= 15 is 0 Å². The van der Waals surface area contributed by atoms with Crippen molar-refractivity contribution >= 4 is 17.7 Å². The number of nitro groups is 1. The normalized spacial score (nSPS) is 14.2. The second-order valence-electron chi connectivity index (χ2n) is 5.01. The van der Waals surface area contributed by atoms with E-state index in [2.05, 4.69) is 11.8 Å². The highest BCUT2D eigenvalue weighted by Gasteiger charge is 2.27. The van der Waals surface area contributed by atoms with Crippen LogP contribution in [0.3, 0.4) is 0 Å². The lowest BCUT2D eigenvalue weighted by Gasteiger charge is -2.24. The van der Waals surface area contributed by atoms with Crippen LogP contribution in [0.4, 0.5) is 11.4 Å². The van der Waals surface area contributed by atoms with Crippen molar-refractivity contribution in [1.29, 1.82) is 0 Å². The van der Waals surface area contributed by atoms with Crippen LogP contribution in [0.15, 0.2) is 18.2 Å². The second kappa shape index (κ2) is 5.82. The molecule has 0 heterocycles. The number of hydrogen-bond donors (Lipinski definition) is 0. The summed E-state index contributed by atoms with van der Waals surface area (Å²) in [6.45, 7) is 3.73. The first-order valence-corrected chi connectivity index (χ1v) is 6.64. The number of carbonyl (C=O) groups excluding carboxylic acids is 1. The number of anilines is 1. The van der Waals surface area contributed by atoms with E-state index in [1.54, 1.807) is 12.1 Å². The molecule has 5 nitrogen and oxygen atoms in total. The van der Waals surface area contributed by atoms with Crippen LogP contribution in [0, 0.1) is 16.0 Å². The highest BCUT2D eigenvalue weighted by molar-refractivity contribution is 5.79. The molecule has 0 aromatic heterocycles. The van der Waals surface area contributed by atoms with Crippen molar-refractivity contribution in [3.8, 4) is 0 Å². The van der Waals surface area contributed by atoms with Crippen LogP contribution in [0.2, 0.25) is 0 Å². The van der Waals surface area contributed by atoms with E-state index < -0.39 is 4.92 Å². The molecular formula is C14H18N2O3. The predicted octanol–water partition coefficient (Wildman–Crippen LogP) is 3.03. The minimum atomic E-state index is -0.405. The summed E-state index contributed by atoms with van der Waals surface area (Å²) < 4.78 is 0. The molecule has 0 unspecified atom stereocenters. The van der Waals surface area contributed by atoms with Gasteiger partial charge >= 0.3 is 0 Å². The molecule has 2 rings (SSSR count). The Labute approximate surface area is 112 Å². The van der Waals surface area contributed by atoms with Gasteiger partial charge in [0.2, 0.25) is 0 Å². The summed E-state index contributed by atoms with van der Waals surface area (Å²) in [4.78, 5) is 23.6. The topological polar surface area (TPSA) is 63.5 Å². The monoisotopic (exact) mass is 262 g/mol. The molecular weight excluding hydrogens is 244 g/mol. The number of rotatable bonds is 7. The average Bonchev–Trinajstić information content (AvgIpc) is 3.21. The van der Waals surface area contributed by atoms with Crippen molar-refractivity contribution in [3.05, 3.63) is 33.9 Å². The third-order valence-corrected chi connectivity index (χ3v) is 3.34. The molecule has 0 radical (unpaired) electrons. The number of nitro benzene ring substituents is 1. The maximum Gasteiger partial charge on any atom is 0.293 e. The van der Waals surface area contributed by atoms with Gasteiger partial charge in [0.25, 0.3) is 5.69 Å². The van der Waals surface area contributed by atoms with E-state index in [0.29, 0.717) is 23.5 Å². The van der Waals surface area contributed by atoms with E-state index in [1.165, 1.54) is 18.9 Å². The molecule has 1 fully saturated rings. The quantitative estimate of drug-likeness (QED) is 0.430. The molecule has 0 saturated heterocycles. The highest BCUT2D eigenvalue weighted by atomic mass is 16.6. The summed E-state index contributed by atoms with van der Waals surface area (Å²) in [5.74, 6) is 0.664. The van der Waals surface area contributed by atoms with Crippen LogP contribution in [0.25, 0.3) is 0 Å². The SMILES string of the molecule is CCCN(CC1CC1)c1ccc(C=O)cc1[N+](=O)[O-]. The summed E-state index contributed by atoms with van der Waals surface area (Å²) in [6.07, 6.45) is 4.00. The smallest absolute Gasteiger partial charge is 0.293 e. The molecule has 1 aliphatic rings. The molecule has 102 valence electrons. The van der Waals surface area contributed by atoms with Gasteiger partial charge in [0.15, 0.2) is 0 Å². The third-order valence-electron chi connectivity index (χ3n) is 3.34. The lowest BCUT2D eigenvalue weighted by atomic mass is 10.1. The zero-order valence-electron chi connectivity index (χ0n) is 11.0. The molecule has 0 atom stereocenters. The van der Waals surface area contributed by atoms with Gasteiger partial charge in [-0.1, -0.05) is 6.92 Å². The molecule has 19 heavy (non-hydrogen) atoms. The summed E-state index contributed by atoms with van der Waals surface area (Å²) in [5, 5.41) is 11.2. The number of hydrogen-bond acceptors (Lipinski definition) is 4. The number of carbonyl (C=O) groups is 1. The lowest BCUT2D eigenvalue weighted by Crippen LogP contribution is -2.27. The Kier molecular flexibility index (Phi) is 4.14. The van der Waals surface area contributed by atoms with E-state index in [0.717, 1.165) is 19.5 Å². The van der Waals surface area contributed by atoms with Gasteiger partial charge in [0.05, 0.1) is 4.92 Å². The number of benzene rings is 1. The van der Waals surface area contributed by atoms with Gasteiger partial charge in [-0.15, -0.1) is 0 Å². The van der Waals surface area contributed by atoms with E-state index in [1.807, 2.05) is 0 Å². The summed E-state index contributed by atoms with van der Waals surface area (Å²) in [6, 6.07) is 4.70. The molecule has 0 N–H and O–H groups in total. The Morgan fingerprint density at radius 1 is 1.47 bits per heavy atom. The molecule has 1 aromatic rings.